The van der Waals surface area contributed by atoms with Crippen LogP contribution in [0.1, 0.15) is 82.3 Å². The predicted molar refractivity (Wildman–Crippen MR) is 139 cm³/mol. The summed E-state index contributed by atoms with van der Waals surface area (Å²) in [4.78, 5) is 2.64. The van der Waals surface area contributed by atoms with Crippen molar-refractivity contribution >= 4 is 86.4 Å². The third kappa shape index (κ3) is 7.20. The van der Waals surface area contributed by atoms with E-state index in [1.54, 1.807) is 11.3 Å². The van der Waals surface area contributed by atoms with E-state index < -0.39 is 0 Å². The molecule has 0 aliphatic heterocycles. The number of hydrogen-bond acceptors (Lipinski definition) is 2. The zero-order valence-corrected chi connectivity index (χ0v) is 24.1. The molecule has 0 saturated heterocycles. The number of halogens is 4. The first-order valence-electron chi connectivity index (χ1n) is 9.88. The van der Waals surface area contributed by atoms with Gasteiger partial charge in [-0.3, -0.25) is 0 Å². The highest BCUT2D eigenvalue weighted by Gasteiger charge is 2.21. The topological polar surface area (TPSA) is 0 Å². The summed E-state index contributed by atoms with van der Waals surface area (Å²) in [5.74, 6) is 0. The van der Waals surface area contributed by atoms with Gasteiger partial charge < -0.3 is 0 Å². The largest absolute Gasteiger partial charge is 0.126 e. The summed E-state index contributed by atoms with van der Waals surface area (Å²) in [6, 6.07) is 0. The lowest BCUT2D eigenvalue weighted by Crippen LogP contribution is -1.87. The van der Waals surface area contributed by atoms with Gasteiger partial charge in [0, 0.05) is 8.95 Å². The Hall–Kier alpha value is 1.32. The molecule has 0 bridgehead atoms. The maximum atomic E-state index is 3.88. The first-order valence-corrected chi connectivity index (χ1v) is 14.7. The van der Waals surface area contributed by atoms with Crippen LogP contribution in [0.2, 0.25) is 0 Å². The molecule has 0 spiro atoms. The molecule has 0 aliphatic carbocycles. The summed E-state index contributed by atoms with van der Waals surface area (Å²) in [5.41, 5.74) is 2.71. The highest BCUT2D eigenvalue weighted by Crippen LogP contribution is 2.51. The van der Waals surface area contributed by atoms with Gasteiger partial charge in [0.1, 0.15) is 0 Å². The molecule has 152 valence electrons. The maximum absolute atomic E-state index is 3.88. The molecule has 0 amide bonds. The molecule has 0 radical (unpaired) electrons. The van der Waals surface area contributed by atoms with Crippen molar-refractivity contribution < 1.29 is 0 Å². The molecule has 2 rings (SSSR count). The first-order chi connectivity index (χ1) is 13.0. The minimum absolute atomic E-state index is 1.15. The van der Waals surface area contributed by atoms with Crippen LogP contribution >= 0.6 is 86.4 Å². The van der Waals surface area contributed by atoms with Crippen molar-refractivity contribution in [2.45, 2.75) is 84.5 Å². The lowest BCUT2D eigenvalue weighted by Gasteiger charge is -2.04. The molecule has 2 aromatic rings. The van der Waals surface area contributed by atoms with Crippen LogP contribution in [0.25, 0.3) is 9.75 Å². The second kappa shape index (κ2) is 12.9. The van der Waals surface area contributed by atoms with E-state index in [0.29, 0.717) is 0 Å². The summed E-state index contributed by atoms with van der Waals surface area (Å²) in [5, 5.41) is 0. The van der Waals surface area contributed by atoms with Crippen molar-refractivity contribution in [2.24, 2.45) is 0 Å². The van der Waals surface area contributed by atoms with Crippen molar-refractivity contribution in [3.63, 3.8) is 0 Å². The SMILES string of the molecule is CCCCCCCCCCCCc1c(Br)sc(-c2sc(Br)c(C)c2Br)c1Br. The molecular formula is C21H28Br4S2. The van der Waals surface area contributed by atoms with Gasteiger partial charge in [-0.15, -0.1) is 22.7 Å². The lowest BCUT2D eigenvalue weighted by atomic mass is 10.0. The Labute approximate surface area is 206 Å². The molecule has 0 aromatic carbocycles. The molecule has 0 atom stereocenters. The highest BCUT2D eigenvalue weighted by atomic mass is 79.9. The fraction of sp³-hybridized carbons (Fsp3) is 0.619. The number of unbranched alkanes of at least 4 members (excludes halogenated alkanes) is 9. The van der Waals surface area contributed by atoms with Gasteiger partial charge in [-0.25, -0.2) is 0 Å². The predicted octanol–water partition coefficient (Wildman–Crippen LogP) is 11.3. The Morgan fingerprint density at radius 3 is 1.63 bits per heavy atom. The average molecular weight is 664 g/mol. The van der Waals surface area contributed by atoms with Gasteiger partial charge in [0.25, 0.3) is 0 Å². The molecule has 0 aliphatic rings. The van der Waals surface area contributed by atoms with E-state index in [2.05, 4.69) is 77.6 Å². The Kier molecular flexibility index (Phi) is 11.7. The third-order valence-electron chi connectivity index (χ3n) is 4.89. The summed E-state index contributed by atoms with van der Waals surface area (Å²) in [7, 11) is 0. The molecule has 0 fully saturated rings. The van der Waals surface area contributed by atoms with Gasteiger partial charge in [0.05, 0.1) is 17.3 Å². The summed E-state index contributed by atoms with van der Waals surface area (Å²) >= 11 is 18.8. The molecule has 6 heteroatoms. The van der Waals surface area contributed by atoms with Gasteiger partial charge in [-0.1, -0.05) is 64.7 Å². The number of hydrogen-bond donors (Lipinski definition) is 0. The van der Waals surface area contributed by atoms with Crippen molar-refractivity contribution in [3.05, 3.63) is 27.6 Å². The van der Waals surface area contributed by atoms with Gasteiger partial charge in [-0.2, -0.15) is 0 Å². The Morgan fingerprint density at radius 2 is 1.11 bits per heavy atom. The van der Waals surface area contributed by atoms with Crippen LogP contribution in [0.4, 0.5) is 0 Å². The second-order valence-corrected chi connectivity index (χ2v) is 13.3. The van der Waals surface area contributed by atoms with E-state index in [9.17, 15) is 0 Å². The molecule has 2 heterocycles. The monoisotopic (exact) mass is 660 g/mol. The Balaban J connectivity index is 1.79. The zero-order chi connectivity index (χ0) is 19.8. The highest BCUT2D eigenvalue weighted by molar-refractivity contribution is 9.12. The van der Waals surface area contributed by atoms with Gasteiger partial charge in [-0.05, 0) is 94.6 Å². The molecule has 27 heavy (non-hydrogen) atoms. The van der Waals surface area contributed by atoms with Crippen molar-refractivity contribution in [1.82, 2.24) is 0 Å². The smallest absolute Gasteiger partial charge is 0.0749 e. The van der Waals surface area contributed by atoms with Crippen LogP contribution in [-0.2, 0) is 6.42 Å². The molecule has 0 unspecified atom stereocenters. The fourth-order valence-electron chi connectivity index (χ4n) is 3.18. The summed E-state index contributed by atoms with van der Waals surface area (Å²) < 4.78 is 4.95. The van der Waals surface area contributed by atoms with E-state index in [1.807, 2.05) is 11.3 Å². The summed E-state index contributed by atoms with van der Waals surface area (Å²) in [6.45, 7) is 4.43. The van der Waals surface area contributed by atoms with Gasteiger partial charge in [0.15, 0.2) is 0 Å². The van der Waals surface area contributed by atoms with Crippen molar-refractivity contribution in [1.29, 1.82) is 0 Å². The Morgan fingerprint density at radius 1 is 0.630 bits per heavy atom. The standard InChI is InChI=1S/C21H28Br4S2/c1-3-4-5-6-7-8-9-10-11-12-13-15-17(23)19(27-21(15)25)18-16(22)14(2)20(24)26-18/h3-13H2,1-2H3. The molecule has 0 saturated carbocycles. The minimum atomic E-state index is 1.15. The van der Waals surface area contributed by atoms with Crippen LogP contribution < -0.4 is 0 Å². The molecule has 0 nitrogen and oxygen atoms in total. The van der Waals surface area contributed by atoms with Crippen LogP contribution in [0, 0.1) is 6.92 Å². The van der Waals surface area contributed by atoms with Crippen LogP contribution in [0.5, 0.6) is 0 Å². The number of rotatable bonds is 12. The van der Waals surface area contributed by atoms with E-state index in [4.69, 9.17) is 0 Å². The molecule has 2 aromatic heterocycles. The Bertz CT molecular complexity index is 718. The first kappa shape index (κ1) is 24.6. The fourth-order valence-corrected chi connectivity index (χ4v) is 9.31. The normalized spacial score (nSPS) is 11.5. The second-order valence-electron chi connectivity index (χ2n) is 7.07. The van der Waals surface area contributed by atoms with Crippen LogP contribution in [0.3, 0.4) is 0 Å². The van der Waals surface area contributed by atoms with E-state index in [-0.39, 0.29) is 0 Å². The average Bonchev–Trinajstić information content (AvgIpc) is 3.07. The quantitative estimate of drug-likeness (QED) is 0.198. The molecule has 0 N–H and O–H groups in total. The van der Waals surface area contributed by atoms with Crippen molar-refractivity contribution in [3.8, 4) is 9.75 Å². The van der Waals surface area contributed by atoms with E-state index >= 15 is 0 Å². The third-order valence-corrected chi connectivity index (χ3v) is 11.6. The molecular weight excluding hydrogens is 636 g/mol. The van der Waals surface area contributed by atoms with Gasteiger partial charge in [0.2, 0.25) is 0 Å². The maximum Gasteiger partial charge on any atom is 0.0749 e. The van der Waals surface area contributed by atoms with E-state index in [0.717, 1.165) is 6.42 Å². The lowest BCUT2D eigenvalue weighted by molar-refractivity contribution is 0.556. The van der Waals surface area contributed by atoms with Crippen molar-refractivity contribution in [2.75, 3.05) is 0 Å². The van der Waals surface area contributed by atoms with Crippen LogP contribution in [-0.4, -0.2) is 0 Å². The zero-order valence-electron chi connectivity index (χ0n) is 16.1. The van der Waals surface area contributed by atoms with Gasteiger partial charge >= 0.3 is 0 Å². The summed E-state index contributed by atoms with van der Waals surface area (Å²) in [6.07, 6.45) is 15.0. The minimum Gasteiger partial charge on any atom is -0.126 e. The van der Waals surface area contributed by atoms with Crippen LogP contribution in [0.15, 0.2) is 16.5 Å². The number of thiophene rings is 2. The van der Waals surface area contributed by atoms with E-state index in [1.165, 1.54) is 102 Å².